The van der Waals surface area contributed by atoms with Crippen LogP contribution in [-0.4, -0.2) is 88.0 Å². The summed E-state index contributed by atoms with van der Waals surface area (Å²) in [6.45, 7) is 12.3. The maximum absolute atomic E-state index is 5.50. The van der Waals surface area contributed by atoms with Gasteiger partial charge in [-0.15, -0.1) is 0 Å². The van der Waals surface area contributed by atoms with E-state index in [0.717, 1.165) is 32.7 Å². The first kappa shape index (κ1) is 16.2. The van der Waals surface area contributed by atoms with E-state index in [0.29, 0.717) is 12.1 Å². The van der Waals surface area contributed by atoms with E-state index < -0.39 is 0 Å². The third-order valence-corrected chi connectivity index (χ3v) is 4.38. The summed E-state index contributed by atoms with van der Waals surface area (Å²) in [6, 6.07) is 1.10. The van der Waals surface area contributed by atoms with E-state index in [4.69, 9.17) is 4.74 Å². The van der Waals surface area contributed by atoms with Crippen LogP contribution in [0.15, 0.2) is 0 Å². The first-order valence-corrected chi connectivity index (χ1v) is 8.19. The number of hydrogen-bond acceptors (Lipinski definition) is 5. The Labute approximate surface area is 124 Å². The molecule has 0 aromatic rings. The van der Waals surface area contributed by atoms with Crippen molar-refractivity contribution in [1.82, 2.24) is 20.4 Å². The van der Waals surface area contributed by atoms with Gasteiger partial charge in [-0.2, -0.15) is 0 Å². The summed E-state index contributed by atoms with van der Waals surface area (Å²) in [6.07, 6.45) is 2.41. The first-order valence-electron chi connectivity index (χ1n) is 8.19. The number of morpholine rings is 1. The van der Waals surface area contributed by atoms with Crippen molar-refractivity contribution in [3.63, 3.8) is 0 Å². The van der Waals surface area contributed by atoms with E-state index in [-0.39, 0.29) is 0 Å². The average Bonchev–Trinajstić information content (AvgIpc) is 2.46. The first-order chi connectivity index (χ1) is 9.74. The fourth-order valence-electron chi connectivity index (χ4n) is 3.00. The quantitative estimate of drug-likeness (QED) is 0.643. The van der Waals surface area contributed by atoms with Crippen LogP contribution in [0.5, 0.6) is 0 Å². The Morgan fingerprint density at radius 1 is 1.30 bits per heavy atom. The lowest BCUT2D eigenvalue weighted by atomic mass is 10.1. The number of rotatable bonds is 7. The molecular weight excluding hydrogens is 252 g/mol. The number of nitrogens with zero attached hydrogens (tertiary/aromatic N) is 2. The fraction of sp³-hybridized carbons (Fsp3) is 1.00. The van der Waals surface area contributed by atoms with Crippen LogP contribution in [0.1, 0.15) is 19.8 Å². The highest BCUT2D eigenvalue weighted by molar-refractivity contribution is 4.76. The Morgan fingerprint density at radius 2 is 2.10 bits per heavy atom. The molecule has 0 spiro atoms. The van der Waals surface area contributed by atoms with Crippen LogP contribution < -0.4 is 10.6 Å². The second-order valence-electron chi connectivity index (χ2n) is 6.32. The number of ether oxygens (including phenoxy) is 1. The predicted molar refractivity (Wildman–Crippen MR) is 83.2 cm³/mol. The van der Waals surface area contributed by atoms with E-state index in [9.17, 15) is 0 Å². The maximum Gasteiger partial charge on any atom is 0.0620 e. The van der Waals surface area contributed by atoms with E-state index in [1.807, 2.05) is 0 Å². The van der Waals surface area contributed by atoms with Gasteiger partial charge < -0.3 is 25.2 Å². The molecule has 2 N–H and O–H groups in total. The van der Waals surface area contributed by atoms with Crippen molar-refractivity contribution in [2.45, 2.75) is 31.8 Å². The molecule has 2 heterocycles. The lowest BCUT2D eigenvalue weighted by Gasteiger charge is -2.32. The van der Waals surface area contributed by atoms with Gasteiger partial charge in [-0.05, 0) is 39.9 Å². The molecule has 0 aromatic carbocycles. The lowest BCUT2D eigenvalue weighted by molar-refractivity contribution is 0.0712. The number of piperazine rings is 1. The molecule has 2 fully saturated rings. The fourth-order valence-corrected chi connectivity index (χ4v) is 3.00. The Bertz CT molecular complexity index is 250. The Hall–Kier alpha value is -0.200. The Balaban J connectivity index is 1.47. The zero-order valence-electron chi connectivity index (χ0n) is 13.2. The van der Waals surface area contributed by atoms with Crippen LogP contribution in [-0.2, 0) is 4.74 Å². The smallest absolute Gasteiger partial charge is 0.0620 e. The third-order valence-electron chi connectivity index (χ3n) is 4.38. The van der Waals surface area contributed by atoms with Crippen molar-refractivity contribution in [2.24, 2.45) is 0 Å². The molecule has 118 valence electrons. The van der Waals surface area contributed by atoms with Gasteiger partial charge in [-0.1, -0.05) is 0 Å². The monoisotopic (exact) mass is 284 g/mol. The molecular formula is C15H32N4O. The summed E-state index contributed by atoms with van der Waals surface area (Å²) in [4.78, 5) is 5.00. The van der Waals surface area contributed by atoms with E-state index in [2.05, 4.69) is 34.4 Å². The van der Waals surface area contributed by atoms with Gasteiger partial charge in [0, 0.05) is 44.8 Å². The second-order valence-corrected chi connectivity index (χ2v) is 6.32. The highest BCUT2D eigenvalue weighted by Crippen LogP contribution is 2.03. The van der Waals surface area contributed by atoms with Gasteiger partial charge >= 0.3 is 0 Å². The second kappa shape index (κ2) is 8.95. The molecule has 2 aliphatic heterocycles. The van der Waals surface area contributed by atoms with E-state index >= 15 is 0 Å². The van der Waals surface area contributed by atoms with Crippen molar-refractivity contribution in [3.05, 3.63) is 0 Å². The summed E-state index contributed by atoms with van der Waals surface area (Å²) in [5.74, 6) is 0. The normalized spacial score (nSPS) is 27.6. The largest absolute Gasteiger partial charge is 0.379 e. The molecule has 2 saturated heterocycles. The minimum Gasteiger partial charge on any atom is -0.379 e. The molecule has 2 aliphatic rings. The van der Waals surface area contributed by atoms with E-state index in [1.54, 1.807) is 0 Å². The molecule has 0 saturated carbocycles. The van der Waals surface area contributed by atoms with Crippen molar-refractivity contribution < 1.29 is 4.74 Å². The van der Waals surface area contributed by atoms with Crippen molar-refractivity contribution in [2.75, 3.05) is 66.1 Å². The predicted octanol–water partition coefficient (Wildman–Crippen LogP) is -0.0195. The van der Waals surface area contributed by atoms with Crippen molar-refractivity contribution in [3.8, 4) is 0 Å². The van der Waals surface area contributed by atoms with Crippen molar-refractivity contribution in [1.29, 1.82) is 0 Å². The maximum atomic E-state index is 5.50. The molecule has 0 aromatic heterocycles. The van der Waals surface area contributed by atoms with Crippen LogP contribution in [0.25, 0.3) is 0 Å². The summed E-state index contributed by atoms with van der Waals surface area (Å²) in [5, 5.41) is 7.16. The molecule has 0 bridgehead atoms. The SMILES string of the molecule is CC(CC1COCCN1)NCCCN1CCN(C)CC1. The van der Waals surface area contributed by atoms with Crippen LogP contribution in [0.2, 0.25) is 0 Å². The molecule has 0 radical (unpaired) electrons. The lowest BCUT2D eigenvalue weighted by Crippen LogP contribution is -2.46. The summed E-state index contributed by atoms with van der Waals surface area (Å²) >= 11 is 0. The van der Waals surface area contributed by atoms with Gasteiger partial charge in [-0.25, -0.2) is 0 Å². The average molecular weight is 284 g/mol. The molecule has 2 unspecified atom stereocenters. The van der Waals surface area contributed by atoms with Gasteiger partial charge in [0.1, 0.15) is 0 Å². The van der Waals surface area contributed by atoms with Crippen molar-refractivity contribution >= 4 is 0 Å². The molecule has 2 rings (SSSR count). The van der Waals surface area contributed by atoms with Gasteiger partial charge in [0.05, 0.1) is 13.2 Å². The van der Waals surface area contributed by atoms with Gasteiger partial charge in [-0.3, -0.25) is 0 Å². The van der Waals surface area contributed by atoms with Crippen LogP contribution in [0, 0.1) is 0 Å². The number of hydrogen-bond donors (Lipinski definition) is 2. The molecule has 5 heteroatoms. The zero-order valence-corrected chi connectivity index (χ0v) is 13.2. The van der Waals surface area contributed by atoms with Gasteiger partial charge in [0.25, 0.3) is 0 Å². The third kappa shape index (κ3) is 6.06. The molecule has 0 aliphatic carbocycles. The minimum atomic E-state index is 0.531. The number of nitrogens with one attached hydrogen (secondary N) is 2. The Morgan fingerprint density at radius 3 is 2.80 bits per heavy atom. The molecule has 20 heavy (non-hydrogen) atoms. The summed E-state index contributed by atoms with van der Waals surface area (Å²) in [5.41, 5.74) is 0. The van der Waals surface area contributed by atoms with Crippen LogP contribution >= 0.6 is 0 Å². The summed E-state index contributed by atoms with van der Waals surface area (Å²) in [7, 11) is 2.21. The highest BCUT2D eigenvalue weighted by Gasteiger charge is 2.16. The van der Waals surface area contributed by atoms with Crippen LogP contribution in [0.4, 0.5) is 0 Å². The zero-order chi connectivity index (χ0) is 14.2. The standard InChI is InChI=1S/C15H32N4O/c1-14(12-15-13-20-11-5-17-15)16-4-3-6-19-9-7-18(2)8-10-19/h14-17H,3-13H2,1-2H3. The molecule has 5 nitrogen and oxygen atoms in total. The highest BCUT2D eigenvalue weighted by atomic mass is 16.5. The summed E-state index contributed by atoms with van der Waals surface area (Å²) < 4.78 is 5.50. The van der Waals surface area contributed by atoms with Gasteiger partial charge in [0.2, 0.25) is 0 Å². The van der Waals surface area contributed by atoms with Crippen LogP contribution in [0.3, 0.4) is 0 Å². The minimum absolute atomic E-state index is 0.531. The number of likely N-dealkylation sites (N-methyl/N-ethyl adjacent to an activating group) is 1. The molecule has 0 amide bonds. The van der Waals surface area contributed by atoms with E-state index in [1.165, 1.54) is 39.1 Å². The Kier molecular flexibility index (Phi) is 7.24. The van der Waals surface area contributed by atoms with Gasteiger partial charge in [0.15, 0.2) is 0 Å². The molecule has 2 atom stereocenters. The topological polar surface area (TPSA) is 39.8 Å².